The van der Waals surface area contributed by atoms with Gasteiger partial charge < -0.3 is 20.3 Å². The van der Waals surface area contributed by atoms with Crippen LogP contribution < -0.4 is 15.5 Å². The Balaban J connectivity index is 1.40. The molecule has 2 aliphatic heterocycles. The summed E-state index contributed by atoms with van der Waals surface area (Å²) < 4.78 is 21.9. The summed E-state index contributed by atoms with van der Waals surface area (Å²) in [5, 5.41) is 21.0. The van der Waals surface area contributed by atoms with Crippen molar-refractivity contribution in [2.75, 3.05) is 50.1 Å². The Morgan fingerprint density at radius 1 is 1.05 bits per heavy atom. The molecule has 37 heavy (non-hydrogen) atoms. The van der Waals surface area contributed by atoms with Crippen LogP contribution >= 0.6 is 0 Å². The molecule has 0 bridgehead atoms. The number of hydrogen-bond acceptors (Lipinski definition) is 6. The largest absolute Gasteiger partial charge is 0.381 e. The molecule has 2 saturated heterocycles. The fourth-order valence-corrected chi connectivity index (χ4v) is 5.33. The lowest BCUT2D eigenvalue weighted by molar-refractivity contribution is 0.0819. The van der Waals surface area contributed by atoms with Gasteiger partial charge in [0.1, 0.15) is 17.7 Å². The number of piperidine rings is 1. The maximum Gasteiger partial charge on any atom is 0.149 e. The van der Waals surface area contributed by atoms with E-state index in [1.165, 1.54) is 30.7 Å². The molecule has 1 aromatic heterocycles. The minimum Gasteiger partial charge on any atom is -0.381 e. The molecule has 194 valence electrons. The third kappa shape index (κ3) is 5.95. The van der Waals surface area contributed by atoms with Crippen LogP contribution in [0.4, 0.5) is 15.9 Å². The van der Waals surface area contributed by atoms with Gasteiger partial charge in [0.05, 0.1) is 23.0 Å². The Hall–Kier alpha value is -3.41. The second kappa shape index (κ2) is 11.8. The molecule has 1 atom stereocenters. The minimum absolute atomic E-state index is 0.0386. The zero-order valence-electron chi connectivity index (χ0n) is 21.4. The van der Waals surface area contributed by atoms with Crippen molar-refractivity contribution in [3.05, 3.63) is 59.9 Å². The summed E-state index contributed by atoms with van der Waals surface area (Å²) in [5.41, 5.74) is 3.58. The van der Waals surface area contributed by atoms with Crippen LogP contribution in [0.15, 0.2) is 48.5 Å². The molecule has 2 N–H and O–H groups in total. The average Bonchev–Trinajstić information content (AvgIpc) is 3.19. The van der Waals surface area contributed by atoms with Gasteiger partial charge in [-0.05, 0) is 87.5 Å². The van der Waals surface area contributed by atoms with Crippen molar-refractivity contribution in [2.45, 2.75) is 38.2 Å². The fourth-order valence-electron chi connectivity index (χ4n) is 5.33. The molecule has 2 aromatic carbocycles. The van der Waals surface area contributed by atoms with Crippen LogP contribution in [-0.4, -0.2) is 55.7 Å². The van der Waals surface area contributed by atoms with Gasteiger partial charge in [-0.1, -0.05) is 6.07 Å². The standard InChI is InChI=1S/C29H35FN6O/c1-37-26-11-15-35(16-12-26)24-6-8-25(9-7-24)36-28(22-4-5-23(19-31)27(30)17-22)18-29(34-36)33-20-21-3-2-13-32-14-10-21/h4-9,17-18,21,26,32H,2-3,10-16,20H2,1H3,(H,33,34)/t21-/m0/s1. The monoisotopic (exact) mass is 502 g/mol. The maximum atomic E-state index is 14.5. The third-order valence-corrected chi connectivity index (χ3v) is 7.60. The highest BCUT2D eigenvalue weighted by molar-refractivity contribution is 5.67. The summed E-state index contributed by atoms with van der Waals surface area (Å²) in [7, 11) is 1.79. The molecule has 5 rings (SSSR count). The molecule has 8 heteroatoms. The number of aromatic nitrogens is 2. The van der Waals surface area contributed by atoms with Gasteiger partial charge in [-0.3, -0.25) is 0 Å². The van der Waals surface area contributed by atoms with Gasteiger partial charge in [-0.2, -0.15) is 5.26 Å². The first-order valence-electron chi connectivity index (χ1n) is 13.3. The van der Waals surface area contributed by atoms with Crippen molar-refractivity contribution in [3.8, 4) is 23.0 Å². The van der Waals surface area contributed by atoms with Gasteiger partial charge in [0.2, 0.25) is 0 Å². The van der Waals surface area contributed by atoms with Crippen LogP contribution in [0.25, 0.3) is 16.9 Å². The normalized spacial score (nSPS) is 18.8. The molecule has 2 fully saturated rings. The number of hydrogen-bond donors (Lipinski definition) is 2. The second-order valence-electron chi connectivity index (χ2n) is 10.00. The first-order chi connectivity index (χ1) is 18.1. The van der Waals surface area contributed by atoms with Crippen molar-refractivity contribution in [2.24, 2.45) is 5.92 Å². The zero-order chi connectivity index (χ0) is 25.6. The highest BCUT2D eigenvalue weighted by Crippen LogP contribution is 2.29. The van der Waals surface area contributed by atoms with Crippen LogP contribution in [-0.2, 0) is 4.74 Å². The van der Waals surface area contributed by atoms with Gasteiger partial charge in [-0.15, -0.1) is 5.10 Å². The maximum absolute atomic E-state index is 14.5. The molecule has 7 nitrogen and oxygen atoms in total. The smallest absolute Gasteiger partial charge is 0.149 e. The number of anilines is 2. The Bertz CT molecular complexity index is 1220. The van der Waals surface area contributed by atoms with Crippen molar-refractivity contribution in [1.29, 1.82) is 5.26 Å². The molecule has 0 saturated carbocycles. The third-order valence-electron chi connectivity index (χ3n) is 7.60. The van der Waals surface area contributed by atoms with E-state index in [1.54, 1.807) is 13.2 Å². The SMILES string of the molecule is COC1CCN(c2ccc(-n3nc(NC[C@H]4CCCNCC4)cc3-c3ccc(C#N)c(F)c3)cc2)CC1. The first-order valence-corrected chi connectivity index (χ1v) is 13.3. The number of nitrogens with one attached hydrogen (secondary N) is 2. The van der Waals surface area contributed by atoms with E-state index in [0.29, 0.717) is 17.6 Å². The summed E-state index contributed by atoms with van der Waals surface area (Å²) >= 11 is 0. The van der Waals surface area contributed by atoms with Crippen LogP contribution in [0.5, 0.6) is 0 Å². The van der Waals surface area contributed by atoms with E-state index in [2.05, 4.69) is 39.8 Å². The summed E-state index contributed by atoms with van der Waals surface area (Å²) in [4.78, 5) is 2.38. The van der Waals surface area contributed by atoms with Gasteiger partial charge in [0, 0.05) is 44.1 Å². The molecular formula is C29H35FN6O. The second-order valence-corrected chi connectivity index (χ2v) is 10.00. The fraction of sp³-hybridized carbons (Fsp3) is 0.448. The molecule has 3 heterocycles. The lowest BCUT2D eigenvalue weighted by Crippen LogP contribution is -2.36. The summed E-state index contributed by atoms with van der Waals surface area (Å²) in [5.74, 6) is 0.836. The van der Waals surface area contributed by atoms with Gasteiger partial charge >= 0.3 is 0 Å². The van der Waals surface area contributed by atoms with Gasteiger partial charge in [0.25, 0.3) is 0 Å². The van der Waals surface area contributed by atoms with Crippen molar-refractivity contribution in [1.82, 2.24) is 15.1 Å². The number of halogens is 1. The average molecular weight is 503 g/mol. The van der Waals surface area contributed by atoms with Crippen molar-refractivity contribution >= 4 is 11.5 Å². The Labute approximate surface area is 218 Å². The molecule has 0 spiro atoms. The van der Waals surface area contributed by atoms with Gasteiger partial charge in [0.15, 0.2) is 0 Å². The quantitative estimate of drug-likeness (QED) is 0.475. The number of ether oxygens (including phenoxy) is 1. The highest BCUT2D eigenvalue weighted by Gasteiger charge is 2.20. The van der Waals surface area contributed by atoms with Crippen molar-refractivity contribution in [3.63, 3.8) is 0 Å². The Morgan fingerprint density at radius 3 is 2.57 bits per heavy atom. The number of methoxy groups -OCH3 is 1. The van der Waals surface area contributed by atoms with Crippen LogP contribution in [0.1, 0.15) is 37.7 Å². The molecule has 0 radical (unpaired) electrons. The molecule has 0 aliphatic carbocycles. The molecule has 2 aliphatic rings. The summed E-state index contributed by atoms with van der Waals surface area (Å²) in [6, 6.07) is 17.0. The predicted molar refractivity (Wildman–Crippen MR) is 145 cm³/mol. The Kier molecular flexibility index (Phi) is 8.02. The predicted octanol–water partition coefficient (Wildman–Crippen LogP) is 4.97. The first kappa shape index (κ1) is 25.2. The van der Waals surface area contributed by atoms with Crippen LogP contribution in [0.3, 0.4) is 0 Å². The lowest BCUT2D eigenvalue weighted by Gasteiger charge is -2.33. The molecular weight excluding hydrogens is 467 g/mol. The summed E-state index contributed by atoms with van der Waals surface area (Å²) in [6.07, 6.45) is 5.92. The number of nitrogens with zero attached hydrogens (tertiary/aromatic N) is 4. The topological polar surface area (TPSA) is 78.1 Å². The van der Waals surface area contributed by atoms with E-state index < -0.39 is 5.82 Å². The van der Waals surface area contributed by atoms with E-state index >= 15 is 0 Å². The van der Waals surface area contributed by atoms with Crippen molar-refractivity contribution < 1.29 is 9.13 Å². The molecule has 3 aromatic rings. The van der Waals surface area contributed by atoms with Crippen LogP contribution in [0, 0.1) is 23.1 Å². The zero-order valence-corrected chi connectivity index (χ0v) is 21.4. The van der Waals surface area contributed by atoms with Gasteiger partial charge in [-0.25, -0.2) is 9.07 Å². The minimum atomic E-state index is -0.525. The summed E-state index contributed by atoms with van der Waals surface area (Å²) in [6.45, 7) is 4.93. The molecule has 0 unspecified atom stereocenters. The van der Waals surface area contributed by atoms with E-state index in [9.17, 15) is 4.39 Å². The van der Waals surface area contributed by atoms with E-state index in [4.69, 9.17) is 15.1 Å². The number of rotatable bonds is 7. The lowest BCUT2D eigenvalue weighted by atomic mass is 10.0. The Morgan fingerprint density at radius 2 is 1.84 bits per heavy atom. The molecule has 0 amide bonds. The van der Waals surface area contributed by atoms with E-state index in [-0.39, 0.29) is 5.56 Å². The van der Waals surface area contributed by atoms with Crippen LogP contribution in [0.2, 0.25) is 0 Å². The number of nitriles is 1. The number of benzene rings is 2. The van der Waals surface area contributed by atoms with E-state index in [1.807, 2.05) is 16.8 Å². The highest BCUT2D eigenvalue weighted by atomic mass is 19.1. The van der Waals surface area contributed by atoms with E-state index in [0.717, 1.165) is 69.2 Å².